The standard InChI is InChI=1S/C19H26F2N4O3/c20-15-2-1-14(11-16(15)21)13-25-4-3-22-19(28)17(25)12-18(27)24-7-5-23(6-8-24)9-10-26/h1-2,11,17,26H,3-10,12-13H2,(H,22,28)/t17-/m0/s1. The van der Waals surface area contributed by atoms with Crippen molar-refractivity contribution in [1.29, 1.82) is 0 Å². The number of carbonyl (C=O) groups is 2. The van der Waals surface area contributed by atoms with Gasteiger partial charge in [-0.05, 0) is 17.7 Å². The van der Waals surface area contributed by atoms with Crippen LogP contribution in [0.25, 0.3) is 0 Å². The number of aliphatic hydroxyl groups excluding tert-OH is 1. The zero-order valence-corrected chi connectivity index (χ0v) is 15.7. The number of nitrogens with one attached hydrogen (secondary N) is 1. The Balaban J connectivity index is 1.61. The van der Waals surface area contributed by atoms with Crippen LogP contribution in [0, 0.1) is 11.6 Å². The van der Waals surface area contributed by atoms with Gasteiger partial charge in [0.25, 0.3) is 0 Å². The third-order valence-corrected chi connectivity index (χ3v) is 5.32. The van der Waals surface area contributed by atoms with Gasteiger partial charge >= 0.3 is 0 Å². The summed E-state index contributed by atoms with van der Waals surface area (Å²) in [5.74, 6) is -2.15. The molecule has 1 atom stereocenters. The summed E-state index contributed by atoms with van der Waals surface area (Å²) in [6, 6.07) is 3.05. The van der Waals surface area contributed by atoms with E-state index in [9.17, 15) is 18.4 Å². The summed E-state index contributed by atoms with van der Waals surface area (Å²) >= 11 is 0. The number of benzene rings is 1. The summed E-state index contributed by atoms with van der Waals surface area (Å²) in [6.07, 6.45) is 0.0511. The third-order valence-electron chi connectivity index (χ3n) is 5.32. The van der Waals surface area contributed by atoms with Crippen molar-refractivity contribution >= 4 is 11.8 Å². The van der Waals surface area contributed by atoms with Gasteiger partial charge in [0.2, 0.25) is 11.8 Å². The molecule has 1 aromatic rings. The van der Waals surface area contributed by atoms with E-state index in [0.717, 1.165) is 12.1 Å². The smallest absolute Gasteiger partial charge is 0.237 e. The second-order valence-electron chi connectivity index (χ2n) is 7.18. The SMILES string of the molecule is O=C1NCCN(Cc2ccc(F)c(F)c2)[C@H]1CC(=O)N1CCN(CCO)CC1. The van der Waals surface area contributed by atoms with E-state index in [-0.39, 0.29) is 31.4 Å². The van der Waals surface area contributed by atoms with Crippen molar-refractivity contribution in [2.75, 3.05) is 52.4 Å². The van der Waals surface area contributed by atoms with E-state index in [1.54, 1.807) is 4.90 Å². The van der Waals surface area contributed by atoms with Gasteiger partial charge in [-0.1, -0.05) is 6.07 Å². The predicted molar refractivity (Wildman–Crippen MR) is 98.3 cm³/mol. The first-order chi connectivity index (χ1) is 13.5. The van der Waals surface area contributed by atoms with Gasteiger partial charge in [0.15, 0.2) is 11.6 Å². The molecule has 2 fully saturated rings. The molecule has 2 amide bonds. The van der Waals surface area contributed by atoms with Crippen molar-refractivity contribution in [3.05, 3.63) is 35.4 Å². The van der Waals surface area contributed by atoms with E-state index in [1.165, 1.54) is 6.07 Å². The number of β-amino-alcohol motifs (C(OH)–C–C–N with tert-alkyl or cyclic N) is 1. The van der Waals surface area contributed by atoms with Crippen LogP contribution in [-0.2, 0) is 16.1 Å². The zero-order valence-electron chi connectivity index (χ0n) is 15.7. The maximum absolute atomic E-state index is 13.5. The summed E-state index contributed by atoms with van der Waals surface area (Å²) < 4.78 is 26.6. The first-order valence-corrected chi connectivity index (χ1v) is 9.54. The Hall–Kier alpha value is -2.10. The van der Waals surface area contributed by atoms with Gasteiger partial charge in [-0.25, -0.2) is 8.78 Å². The molecule has 0 aromatic heterocycles. The molecule has 7 nitrogen and oxygen atoms in total. The van der Waals surface area contributed by atoms with Crippen LogP contribution in [0.15, 0.2) is 18.2 Å². The van der Waals surface area contributed by atoms with Crippen molar-refractivity contribution in [3.8, 4) is 0 Å². The molecule has 2 N–H and O–H groups in total. The normalized spacial score (nSPS) is 21.6. The molecule has 0 bridgehead atoms. The molecule has 2 saturated heterocycles. The Morgan fingerprint density at radius 2 is 1.89 bits per heavy atom. The van der Waals surface area contributed by atoms with Crippen molar-refractivity contribution in [2.24, 2.45) is 0 Å². The molecule has 0 unspecified atom stereocenters. The molecular weight excluding hydrogens is 370 g/mol. The highest BCUT2D eigenvalue weighted by atomic mass is 19.2. The molecule has 0 saturated carbocycles. The molecule has 154 valence electrons. The lowest BCUT2D eigenvalue weighted by Gasteiger charge is -2.38. The number of aliphatic hydroxyl groups is 1. The lowest BCUT2D eigenvalue weighted by atomic mass is 10.1. The van der Waals surface area contributed by atoms with Crippen LogP contribution in [0.2, 0.25) is 0 Å². The first-order valence-electron chi connectivity index (χ1n) is 9.54. The fraction of sp³-hybridized carbons (Fsp3) is 0.579. The zero-order chi connectivity index (χ0) is 20.1. The number of hydrogen-bond donors (Lipinski definition) is 2. The highest BCUT2D eigenvalue weighted by Crippen LogP contribution is 2.17. The highest BCUT2D eigenvalue weighted by Gasteiger charge is 2.33. The molecule has 9 heteroatoms. The van der Waals surface area contributed by atoms with E-state index < -0.39 is 17.7 Å². The first kappa shape index (κ1) is 20.6. The van der Waals surface area contributed by atoms with E-state index in [0.29, 0.717) is 51.4 Å². The second kappa shape index (κ2) is 9.40. The Bertz CT molecular complexity index is 710. The van der Waals surface area contributed by atoms with Gasteiger partial charge in [0.1, 0.15) is 0 Å². The molecule has 0 spiro atoms. The van der Waals surface area contributed by atoms with Crippen LogP contribution >= 0.6 is 0 Å². The van der Waals surface area contributed by atoms with E-state index in [2.05, 4.69) is 10.2 Å². The quantitative estimate of drug-likeness (QED) is 0.696. The third kappa shape index (κ3) is 5.03. The topological polar surface area (TPSA) is 76.1 Å². The van der Waals surface area contributed by atoms with Crippen molar-refractivity contribution < 1.29 is 23.5 Å². The van der Waals surface area contributed by atoms with Crippen LogP contribution in [0.3, 0.4) is 0 Å². The largest absolute Gasteiger partial charge is 0.395 e. The average molecular weight is 396 g/mol. The fourth-order valence-electron chi connectivity index (χ4n) is 3.70. The Morgan fingerprint density at radius 3 is 2.57 bits per heavy atom. The lowest BCUT2D eigenvalue weighted by Crippen LogP contribution is -2.57. The van der Waals surface area contributed by atoms with Gasteiger partial charge in [-0.2, -0.15) is 0 Å². The van der Waals surface area contributed by atoms with E-state index in [1.807, 2.05) is 4.90 Å². The van der Waals surface area contributed by atoms with Crippen LogP contribution in [0.5, 0.6) is 0 Å². The second-order valence-corrected chi connectivity index (χ2v) is 7.18. The number of piperazine rings is 2. The molecular formula is C19H26F2N4O3. The lowest BCUT2D eigenvalue weighted by molar-refractivity contribution is -0.140. The maximum atomic E-state index is 13.5. The van der Waals surface area contributed by atoms with Crippen molar-refractivity contribution in [1.82, 2.24) is 20.0 Å². The van der Waals surface area contributed by atoms with Gasteiger partial charge in [-0.15, -0.1) is 0 Å². The number of halogens is 2. The molecule has 2 aliphatic heterocycles. The Kier molecular flexibility index (Phi) is 6.93. The Morgan fingerprint density at radius 1 is 1.14 bits per heavy atom. The van der Waals surface area contributed by atoms with Gasteiger partial charge in [-0.3, -0.25) is 19.4 Å². The fourth-order valence-corrected chi connectivity index (χ4v) is 3.70. The minimum Gasteiger partial charge on any atom is -0.395 e. The van der Waals surface area contributed by atoms with Gasteiger partial charge in [0.05, 0.1) is 19.1 Å². The Labute approximate surface area is 162 Å². The number of carbonyl (C=O) groups excluding carboxylic acids is 2. The summed E-state index contributed by atoms with van der Waals surface area (Å²) in [5, 5.41) is 11.8. The van der Waals surface area contributed by atoms with Crippen LogP contribution < -0.4 is 5.32 Å². The average Bonchev–Trinajstić information content (AvgIpc) is 2.68. The van der Waals surface area contributed by atoms with Crippen molar-refractivity contribution in [3.63, 3.8) is 0 Å². The summed E-state index contributed by atoms with van der Waals surface area (Å²) in [5.41, 5.74) is 0.559. The van der Waals surface area contributed by atoms with Gasteiger partial charge in [0, 0.05) is 52.4 Å². The number of hydrogen-bond acceptors (Lipinski definition) is 5. The number of amides is 2. The predicted octanol–water partition coefficient (Wildman–Crippen LogP) is -0.208. The minimum atomic E-state index is -0.924. The van der Waals surface area contributed by atoms with Gasteiger partial charge < -0.3 is 15.3 Å². The summed E-state index contributed by atoms with van der Waals surface area (Å²) in [4.78, 5) is 30.8. The molecule has 0 radical (unpaired) electrons. The van der Waals surface area contributed by atoms with Crippen LogP contribution in [0.4, 0.5) is 8.78 Å². The summed E-state index contributed by atoms with van der Waals surface area (Å²) in [7, 11) is 0. The van der Waals surface area contributed by atoms with Crippen LogP contribution in [-0.4, -0.2) is 90.1 Å². The van der Waals surface area contributed by atoms with E-state index in [4.69, 9.17) is 5.11 Å². The number of rotatable bonds is 6. The molecule has 0 aliphatic carbocycles. The monoisotopic (exact) mass is 396 g/mol. The van der Waals surface area contributed by atoms with Crippen molar-refractivity contribution in [2.45, 2.75) is 19.0 Å². The molecule has 28 heavy (non-hydrogen) atoms. The number of nitrogens with zero attached hydrogens (tertiary/aromatic N) is 3. The maximum Gasteiger partial charge on any atom is 0.237 e. The molecule has 2 heterocycles. The minimum absolute atomic E-state index is 0.0511. The highest BCUT2D eigenvalue weighted by molar-refractivity contribution is 5.88. The molecule has 2 aliphatic rings. The van der Waals surface area contributed by atoms with Crippen LogP contribution in [0.1, 0.15) is 12.0 Å². The summed E-state index contributed by atoms with van der Waals surface area (Å²) in [6.45, 7) is 4.47. The molecule has 1 aromatic carbocycles. The van der Waals surface area contributed by atoms with E-state index >= 15 is 0 Å². The molecule has 3 rings (SSSR count).